The average molecular weight is 257 g/mol. The summed E-state index contributed by atoms with van der Waals surface area (Å²) in [5, 5.41) is 7.85. The van der Waals surface area contributed by atoms with E-state index in [-0.39, 0.29) is 5.78 Å². The first-order valence-corrected chi connectivity index (χ1v) is 6.41. The number of para-hydroxylation sites is 1. The summed E-state index contributed by atoms with van der Waals surface area (Å²) in [6.07, 6.45) is 2.99. The second-order valence-electron chi connectivity index (χ2n) is 4.72. The Hall–Kier alpha value is -2.01. The van der Waals surface area contributed by atoms with Crippen molar-refractivity contribution in [1.29, 1.82) is 0 Å². The van der Waals surface area contributed by atoms with E-state index < -0.39 is 0 Å². The number of rotatable bonds is 4. The molecule has 1 aromatic heterocycles. The zero-order valence-corrected chi connectivity index (χ0v) is 10.5. The molecule has 1 unspecified atom stereocenters. The van der Waals surface area contributed by atoms with Crippen LogP contribution in [-0.2, 0) is 4.74 Å². The number of benzene rings is 1. The first-order valence-electron chi connectivity index (χ1n) is 6.41. The molecule has 2 aromatic rings. The Morgan fingerprint density at radius 3 is 2.95 bits per heavy atom. The summed E-state index contributed by atoms with van der Waals surface area (Å²) in [4.78, 5) is 12.3. The number of ketones is 1. The first kappa shape index (κ1) is 12.0. The van der Waals surface area contributed by atoms with Crippen LogP contribution in [0.5, 0.6) is 0 Å². The van der Waals surface area contributed by atoms with Crippen LogP contribution in [0.1, 0.15) is 23.3 Å². The van der Waals surface area contributed by atoms with Crippen LogP contribution in [-0.4, -0.2) is 34.0 Å². The largest absolute Gasteiger partial charge is 0.381 e. The van der Waals surface area contributed by atoms with Gasteiger partial charge in [-0.25, -0.2) is 4.68 Å². The summed E-state index contributed by atoms with van der Waals surface area (Å²) in [7, 11) is 0. The maximum Gasteiger partial charge on any atom is 0.183 e. The fourth-order valence-corrected chi connectivity index (χ4v) is 2.30. The van der Waals surface area contributed by atoms with Crippen molar-refractivity contribution in [3.63, 3.8) is 0 Å². The highest BCUT2D eigenvalue weighted by molar-refractivity contribution is 5.94. The van der Waals surface area contributed by atoms with Crippen molar-refractivity contribution < 1.29 is 9.53 Å². The molecule has 0 bridgehead atoms. The van der Waals surface area contributed by atoms with Crippen LogP contribution in [0.2, 0.25) is 0 Å². The van der Waals surface area contributed by atoms with Crippen molar-refractivity contribution in [2.45, 2.75) is 12.8 Å². The number of Topliss-reactive ketones (excluding diaryl/α,β-unsaturated/α-hetero) is 1. The molecule has 1 aliphatic heterocycles. The molecule has 0 N–H and O–H groups in total. The van der Waals surface area contributed by atoms with E-state index in [4.69, 9.17) is 4.74 Å². The van der Waals surface area contributed by atoms with Gasteiger partial charge in [-0.15, -0.1) is 5.10 Å². The summed E-state index contributed by atoms with van der Waals surface area (Å²) < 4.78 is 6.90. The third kappa shape index (κ3) is 2.56. The van der Waals surface area contributed by atoms with Gasteiger partial charge in [-0.1, -0.05) is 23.4 Å². The van der Waals surface area contributed by atoms with E-state index in [9.17, 15) is 4.79 Å². The lowest BCUT2D eigenvalue weighted by Crippen LogP contribution is -2.13. The molecule has 0 radical (unpaired) electrons. The Kier molecular flexibility index (Phi) is 3.37. The monoisotopic (exact) mass is 257 g/mol. The average Bonchev–Trinajstić information content (AvgIpc) is 3.10. The molecule has 0 saturated carbocycles. The minimum atomic E-state index is 0.0735. The highest BCUT2D eigenvalue weighted by Crippen LogP contribution is 2.19. The first-order chi connectivity index (χ1) is 9.34. The number of carbonyl (C=O) groups excluding carboxylic acids is 1. The number of nitrogens with zero attached hydrogens (tertiary/aromatic N) is 3. The molecular weight excluding hydrogens is 242 g/mol. The number of carbonyl (C=O) groups is 1. The van der Waals surface area contributed by atoms with Crippen LogP contribution in [0, 0.1) is 5.92 Å². The van der Waals surface area contributed by atoms with Gasteiger partial charge in [0.25, 0.3) is 0 Å². The summed E-state index contributed by atoms with van der Waals surface area (Å²) in [5.74, 6) is 0.399. The summed E-state index contributed by atoms with van der Waals surface area (Å²) in [6.45, 7) is 1.44. The van der Waals surface area contributed by atoms with Gasteiger partial charge >= 0.3 is 0 Å². The van der Waals surface area contributed by atoms with Crippen LogP contribution in [0.3, 0.4) is 0 Å². The molecule has 2 heterocycles. The van der Waals surface area contributed by atoms with Gasteiger partial charge in [-0.3, -0.25) is 4.79 Å². The fraction of sp³-hybridized carbons (Fsp3) is 0.357. The van der Waals surface area contributed by atoms with E-state index in [0.717, 1.165) is 18.7 Å². The highest BCUT2D eigenvalue weighted by atomic mass is 16.5. The van der Waals surface area contributed by atoms with Crippen LogP contribution in [0.25, 0.3) is 5.69 Å². The van der Waals surface area contributed by atoms with Gasteiger partial charge in [0.15, 0.2) is 5.78 Å². The molecule has 1 atom stereocenters. The van der Waals surface area contributed by atoms with Crippen molar-refractivity contribution in [3.05, 3.63) is 42.2 Å². The van der Waals surface area contributed by atoms with Gasteiger partial charge in [-0.2, -0.15) is 0 Å². The van der Waals surface area contributed by atoms with Gasteiger partial charge in [0.05, 0.1) is 11.9 Å². The van der Waals surface area contributed by atoms with Gasteiger partial charge in [0, 0.05) is 19.6 Å². The second-order valence-corrected chi connectivity index (χ2v) is 4.72. The molecule has 0 amide bonds. The second kappa shape index (κ2) is 5.32. The minimum Gasteiger partial charge on any atom is -0.381 e. The molecule has 1 fully saturated rings. The van der Waals surface area contributed by atoms with Gasteiger partial charge < -0.3 is 4.74 Å². The minimum absolute atomic E-state index is 0.0735. The SMILES string of the molecule is O=C(CC1CCOC1)c1cnnn1-c1ccccc1. The van der Waals surface area contributed by atoms with Crippen LogP contribution in [0.4, 0.5) is 0 Å². The Bertz CT molecular complexity index is 559. The Morgan fingerprint density at radius 2 is 2.21 bits per heavy atom. The van der Waals surface area contributed by atoms with Crippen molar-refractivity contribution in [1.82, 2.24) is 15.0 Å². The predicted octanol–water partition coefficient (Wildman–Crippen LogP) is 1.88. The Labute approximate surface area is 111 Å². The molecular formula is C14H15N3O2. The molecule has 98 valence electrons. The number of hydrogen-bond acceptors (Lipinski definition) is 4. The van der Waals surface area contributed by atoms with E-state index in [1.54, 1.807) is 4.68 Å². The maximum atomic E-state index is 12.3. The van der Waals surface area contributed by atoms with E-state index in [0.29, 0.717) is 24.6 Å². The molecule has 0 spiro atoms. The number of aromatic nitrogens is 3. The lowest BCUT2D eigenvalue weighted by atomic mass is 10.0. The maximum absolute atomic E-state index is 12.3. The predicted molar refractivity (Wildman–Crippen MR) is 69.2 cm³/mol. The lowest BCUT2D eigenvalue weighted by molar-refractivity contribution is 0.0945. The summed E-state index contributed by atoms with van der Waals surface area (Å²) in [5.41, 5.74) is 1.39. The summed E-state index contributed by atoms with van der Waals surface area (Å²) in [6, 6.07) is 9.57. The molecule has 1 aromatic carbocycles. The highest BCUT2D eigenvalue weighted by Gasteiger charge is 2.22. The van der Waals surface area contributed by atoms with E-state index in [1.165, 1.54) is 6.20 Å². The van der Waals surface area contributed by atoms with Crippen molar-refractivity contribution in [3.8, 4) is 5.69 Å². The third-order valence-electron chi connectivity index (χ3n) is 3.33. The Morgan fingerprint density at radius 1 is 1.37 bits per heavy atom. The molecule has 3 rings (SSSR count). The van der Waals surface area contributed by atoms with Crippen LogP contribution in [0.15, 0.2) is 36.5 Å². The van der Waals surface area contributed by atoms with E-state index >= 15 is 0 Å². The zero-order valence-electron chi connectivity index (χ0n) is 10.5. The van der Waals surface area contributed by atoms with E-state index in [2.05, 4.69) is 10.3 Å². The standard InChI is InChI=1S/C14H15N3O2/c18-14(8-11-6-7-19-10-11)13-9-15-16-17(13)12-4-2-1-3-5-12/h1-5,9,11H,6-8,10H2. The zero-order chi connectivity index (χ0) is 13.1. The normalized spacial score (nSPS) is 18.6. The Balaban J connectivity index is 1.81. The van der Waals surface area contributed by atoms with Crippen LogP contribution < -0.4 is 0 Å². The van der Waals surface area contributed by atoms with Crippen molar-refractivity contribution in [2.24, 2.45) is 5.92 Å². The molecule has 0 aliphatic carbocycles. The molecule has 1 aliphatic rings. The lowest BCUT2D eigenvalue weighted by Gasteiger charge is -2.08. The molecule has 5 nitrogen and oxygen atoms in total. The fourth-order valence-electron chi connectivity index (χ4n) is 2.30. The number of ether oxygens (including phenoxy) is 1. The quantitative estimate of drug-likeness (QED) is 0.785. The van der Waals surface area contributed by atoms with Gasteiger partial charge in [0.2, 0.25) is 0 Å². The van der Waals surface area contributed by atoms with Crippen LogP contribution >= 0.6 is 0 Å². The molecule has 1 saturated heterocycles. The molecule has 19 heavy (non-hydrogen) atoms. The summed E-state index contributed by atoms with van der Waals surface area (Å²) >= 11 is 0. The van der Waals surface area contributed by atoms with Gasteiger partial charge in [0.1, 0.15) is 5.69 Å². The van der Waals surface area contributed by atoms with Crippen molar-refractivity contribution in [2.75, 3.05) is 13.2 Å². The van der Waals surface area contributed by atoms with Gasteiger partial charge in [-0.05, 0) is 24.5 Å². The van der Waals surface area contributed by atoms with E-state index in [1.807, 2.05) is 30.3 Å². The number of hydrogen-bond donors (Lipinski definition) is 0. The smallest absolute Gasteiger partial charge is 0.183 e. The molecule has 5 heteroatoms. The van der Waals surface area contributed by atoms with Crippen molar-refractivity contribution >= 4 is 5.78 Å². The topological polar surface area (TPSA) is 57.0 Å². The third-order valence-corrected chi connectivity index (χ3v) is 3.33.